The van der Waals surface area contributed by atoms with E-state index in [-0.39, 0.29) is 5.97 Å². The van der Waals surface area contributed by atoms with Crippen LogP contribution in [0.4, 0.5) is 0 Å². The van der Waals surface area contributed by atoms with Crippen molar-refractivity contribution in [1.82, 2.24) is 0 Å². The second-order valence-corrected chi connectivity index (χ2v) is 8.30. The van der Waals surface area contributed by atoms with Gasteiger partial charge in [-0.25, -0.2) is 4.79 Å². The van der Waals surface area contributed by atoms with Gasteiger partial charge < -0.3 is 9.47 Å². The molecular formula is C15H30O3Si. The molecule has 0 aliphatic rings. The van der Waals surface area contributed by atoms with Crippen LogP contribution in [-0.4, -0.2) is 34.2 Å². The van der Waals surface area contributed by atoms with E-state index in [4.69, 9.17) is 9.47 Å². The van der Waals surface area contributed by atoms with E-state index in [0.29, 0.717) is 12.2 Å². The van der Waals surface area contributed by atoms with E-state index in [1.165, 1.54) is 24.9 Å². The van der Waals surface area contributed by atoms with Gasteiger partial charge in [0.05, 0.1) is 15.4 Å². The second kappa shape index (κ2) is 12.4. The highest BCUT2D eigenvalue weighted by Gasteiger charge is 2.09. The molecule has 1 atom stereocenters. The number of rotatable bonds is 12. The Morgan fingerprint density at radius 1 is 1.16 bits per heavy atom. The Labute approximate surface area is 120 Å². The van der Waals surface area contributed by atoms with Crippen LogP contribution in [0.5, 0.6) is 0 Å². The largest absolute Gasteiger partial charge is 0.462 e. The number of hydrogen-bond donors (Lipinski definition) is 0. The zero-order valence-electron chi connectivity index (χ0n) is 12.9. The maximum absolute atomic E-state index is 11.2. The predicted molar refractivity (Wildman–Crippen MR) is 83.2 cm³/mol. The van der Waals surface area contributed by atoms with E-state index in [1.54, 1.807) is 6.92 Å². The first-order valence-electron chi connectivity index (χ1n) is 7.52. The van der Waals surface area contributed by atoms with Crippen LogP contribution in [0.15, 0.2) is 12.2 Å². The van der Waals surface area contributed by atoms with Gasteiger partial charge in [-0.15, -0.1) is 0 Å². The van der Waals surface area contributed by atoms with Gasteiger partial charge in [-0.1, -0.05) is 44.9 Å². The molecule has 0 heterocycles. The molecular weight excluding hydrogens is 256 g/mol. The zero-order chi connectivity index (χ0) is 14.5. The number of esters is 1. The molecule has 0 aromatic rings. The Morgan fingerprint density at radius 2 is 1.89 bits per heavy atom. The summed E-state index contributed by atoms with van der Waals surface area (Å²) in [5.41, 5.74) is 0.479. The van der Waals surface area contributed by atoms with E-state index >= 15 is 0 Å². The lowest BCUT2D eigenvalue weighted by Gasteiger charge is -2.14. The van der Waals surface area contributed by atoms with Crippen LogP contribution in [0.3, 0.4) is 0 Å². The summed E-state index contributed by atoms with van der Waals surface area (Å²) in [7, 11) is -0.683. The van der Waals surface area contributed by atoms with Crippen molar-refractivity contribution < 1.29 is 14.3 Å². The first-order chi connectivity index (χ1) is 9.11. The van der Waals surface area contributed by atoms with E-state index in [0.717, 1.165) is 25.7 Å². The summed E-state index contributed by atoms with van der Waals surface area (Å²) in [5.74, 6) is -0.269. The van der Waals surface area contributed by atoms with Crippen molar-refractivity contribution in [3.8, 4) is 0 Å². The fourth-order valence-corrected chi connectivity index (χ4v) is 4.88. The average Bonchev–Trinajstić information content (AvgIpc) is 2.39. The maximum atomic E-state index is 11.2. The minimum atomic E-state index is -0.683. The van der Waals surface area contributed by atoms with Crippen molar-refractivity contribution in [3.05, 3.63) is 12.2 Å². The summed E-state index contributed by atoms with van der Waals surface area (Å²) in [6.45, 7) is 10.9. The van der Waals surface area contributed by atoms with Crippen molar-refractivity contribution in [2.45, 2.75) is 58.5 Å². The molecule has 0 aromatic heterocycles. The molecule has 0 rings (SSSR count). The summed E-state index contributed by atoms with van der Waals surface area (Å²) in [6, 6.07) is 2.73. The highest BCUT2D eigenvalue weighted by molar-refractivity contribution is 6.58. The Hall–Kier alpha value is -0.613. The minimum absolute atomic E-state index is 0.269. The lowest BCUT2D eigenvalue weighted by molar-refractivity contribution is -0.139. The van der Waals surface area contributed by atoms with Crippen LogP contribution in [0.25, 0.3) is 0 Å². The number of unbranched alkanes of at least 4 members (excludes halogenated alkanes) is 2. The maximum Gasteiger partial charge on any atom is 0.333 e. The van der Waals surface area contributed by atoms with Gasteiger partial charge in [0.25, 0.3) is 0 Å². The third kappa shape index (κ3) is 11.0. The molecule has 0 fully saturated rings. The van der Waals surface area contributed by atoms with E-state index in [2.05, 4.69) is 20.4 Å². The van der Waals surface area contributed by atoms with Crippen LogP contribution >= 0.6 is 0 Å². The van der Waals surface area contributed by atoms with Crippen LogP contribution in [0.1, 0.15) is 46.5 Å². The van der Waals surface area contributed by atoms with Gasteiger partial charge in [-0.2, -0.15) is 0 Å². The molecule has 0 radical (unpaired) electrons. The molecule has 0 saturated heterocycles. The minimum Gasteiger partial charge on any atom is -0.462 e. The first kappa shape index (κ1) is 18.4. The molecule has 0 spiro atoms. The number of carbonyl (C=O) groups is 1. The van der Waals surface area contributed by atoms with Crippen LogP contribution in [0.2, 0.25) is 12.1 Å². The van der Waals surface area contributed by atoms with Gasteiger partial charge in [-0.3, -0.25) is 0 Å². The van der Waals surface area contributed by atoms with Crippen molar-refractivity contribution >= 4 is 14.8 Å². The van der Waals surface area contributed by atoms with Gasteiger partial charge >= 0.3 is 5.97 Å². The molecule has 112 valence electrons. The molecule has 1 unspecified atom stereocenters. The van der Waals surface area contributed by atoms with Gasteiger partial charge in [0.1, 0.15) is 0 Å². The third-order valence-electron chi connectivity index (χ3n) is 3.09. The molecule has 0 N–H and O–H groups in total. The number of hydrogen-bond acceptors (Lipinski definition) is 3. The predicted octanol–water partition coefficient (Wildman–Crippen LogP) is 3.49. The smallest absolute Gasteiger partial charge is 0.333 e. The Balaban J connectivity index is 3.53. The summed E-state index contributed by atoms with van der Waals surface area (Å²) >= 11 is 0. The van der Waals surface area contributed by atoms with Gasteiger partial charge in [-0.05, 0) is 20.3 Å². The first-order valence-corrected chi connectivity index (χ1v) is 9.97. The molecule has 0 amide bonds. The van der Waals surface area contributed by atoms with Crippen LogP contribution in [0, 0.1) is 0 Å². The normalized spacial score (nSPS) is 12.2. The second-order valence-electron chi connectivity index (χ2n) is 5.08. The molecule has 0 aliphatic carbocycles. The van der Waals surface area contributed by atoms with Gasteiger partial charge in [0, 0.05) is 18.4 Å². The monoisotopic (exact) mass is 286 g/mol. The molecule has 19 heavy (non-hydrogen) atoms. The highest BCUT2D eigenvalue weighted by atomic mass is 28.3. The molecule has 0 aromatic carbocycles. The van der Waals surface area contributed by atoms with Gasteiger partial charge in [0.2, 0.25) is 0 Å². The van der Waals surface area contributed by atoms with Crippen LogP contribution < -0.4 is 0 Å². The van der Waals surface area contributed by atoms with Crippen molar-refractivity contribution in [3.63, 3.8) is 0 Å². The zero-order valence-corrected chi connectivity index (χ0v) is 14.0. The van der Waals surface area contributed by atoms with E-state index in [1.807, 2.05) is 0 Å². The summed E-state index contributed by atoms with van der Waals surface area (Å²) < 4.78 is 10.6. The fourth-order valence-electron chi connectivity index (χ4n) is 2.00. The lowest BCUT2D eigenvalue weighted by atomic mass is 10.3. The lowest BCUT2D eigenvalue weighted by Crippen LogP contribution is -2.20. The summed E-state index contributed by atoms with van der Waals surface area (Å²) in [6.07, 6.45) is 5.65. The number of ether oxygens (including phenoxy) is 2. The van der Waals surface area contributed by atoms with Crippen molar-refractivity contribution in [2.75, 3.05) is 19.4 Å². The molecule has 0 saturated carbocycles. The van der Waals surface area contributed by atoms with E-state index < -0.39 is 8.80 Å². The molecule has 0 bridgehead atoms. The van der Waals surface area contributed by atoms with E-state index in [9.17, 15) is 4.79 Å². The summed E-state index contributed by atoms with van der Waals surface area (Å²) in [4.78, 5) is 11.2. The number of carbonyl (C=O) groups excluding carboxylic acids is 1. The molecule has 3 nitrogen and oxygen atoms in total. The third-order valence-corrected chi connectivity index (χ3v) is 6.42. The molecule has 4 heteroatoms. The van der Waals surface area contributed by atoms with Gasteiger partial charge in [0.15, 0.2) is 0 Å². The topological polar surface area (TPSA) is 35.5 Å². The SMILES string of the molecule is C=C(C)C(=O)OCCCCC[SiH](CCC)COCC. The Kier molecular flexibility index (Phi) is 12.0. The van der Waals surface area contributed by atoms with Crippen LogP contribution in [-0.2, 0) is 14.3 Å². The summed E-state index contributed by atoms with van der Waals surface area (Å²) in [5, 5.41) is 0. The Morgan fingerprint density at radius 3 is 2.47 bits per heavy atom. The quantitative estimate of drug-likeness (QED) is 0.238. The molecule has 0 aliphatic heterocycles. The van der Waals surface area contributed by atoms with Crippen molar-refractivity contribution in [1.29, 1.82) is 0 Å². The fraction of sp³-hybridized carbons (Fsp3) is 0.800. The van der Waals surface area contributed by atoms with Crippen molar-refractivity contribution in [2.24, 2.45) is 0 Å². The average molecular weight is 286 g/mol. The standard InChI is InChI=1S/C15H30O3Si/c1-5-11-19(13-17-6-2)12-9-7-8-10-18-15(16)14(3)4/h19H,3,5-13H2,1-2,4H3. The Bertz CT molecular complexity index is 254. The highest BCUT2D eigenvalue weighted by Crippen LogP contribution is 2.10.